The summed E-state index contributed by atoms with van der Waals surface area (Å²) < 4.78 is 0. The number of unbranched alkanes of at least 4 members (excludes halogenated alkanes) is 10. The third-order valence-electron chi connectivity index (χ3n) is 6.94. The van der Waals surface area contributed by atoms with Gasteiger partial charge < -0.3 is 5.11 Å². The van der Waals surface area contributed by atoms with Crippen LogP contribution in [0.3, 0.4) is 0 Å². The lowest BCUT2D eigenvalue weighted by Crippen LogP contribution is -2.38. The molecule has 0 fully saturated rings. The Hall–Kier alpha value is -0.890. The fraction of sp³-hybridized carbons (Fsp3) is 0.821. The molecule has 0 radical (unpaired) electrons. The van der Waals surface area contributed by atoms with Crippen molar-refractivity contribution in [1.82, 2.24) is 0 Å². The van der Waals surface area contributed by atoms with E-state index in [0.29, 0.717) is 18.1 Å². The number of ketones is 1. The number of hydrogen-bond acceptors (Lipinski definition) is 2. The van der Waals surface area contributed by atoms with Crippen LogP contribution in [0.1, 0.15) is 130 Å². The van der Waals surface area contributed by atoms with Crippen LogP contribution >= 0.6 is 0 Å². The third kappa shape index (κ3) is 10.4. The Labute approximate surface area is 187 Å². The highest BCUT2D eigenvalue weighted by Crippen LogP contribution is 2.44. The Bertz CT molecular complexity index is 491. The van der Waals surface area contributed by atoms with E-state index in [1.807, 2.05) is 6.92 Å². The Kier molecular flexibility index (Phi) is 15.2. The van der Waals surface area contributed by atoms with Gasteiger partial charge in [-0.25, -0.2) is 0 Å². The molecule has 3 atom stereocenters. The first-order valence-corrected chi connectivity index (χ1v) is 13.1. The van der Waals surface area contributed by atoms with Gasteiger partial charge in [-0.2, -0.15) is 0 Å². The second kappa shape index (κ2) is 16.8. The van der Waals surface area contributed by atoms with Gasteiger partial charge in [-0.15, -0.1) is 0 Å². The SMILES string of the molecule is CCCCCCCCCC(=O)C1(C(CCCCCCC)CCC(C)O)C=CC=CC1. The van der Waals surface area contributed by atoms with Gasteiger partial charge in [-0.05, 0) is 44.9 Å². The summed E-state index contributed by atoms with van der Waals surface area (Å²) in [5.41, 5.74) is -0.337. The zero-order chi connectivity index (χ0) is 22.1. The fourth-order valence-corrected chi connectivity index (χ4v) is 4.95. The molecule has 0 amide bonds. The van der Waals surface area contributed by atoms with E-state index in [0.717, 1.165) is 32.1 Å². The second-order valence-electron chi connectivity index (χ2n) is 9.65. The average Bonchev–Trinajstić information content (AvgIpc) is 2.75. The van der Waals surface area contributed by atoms with Gasteiger partial charge in [0.05, 0.1) is 11.5 Å². The number of rotatable bonds is 19. The fourth-order valence-electron chi connectivity index (χ4n) is 4.95. The van der Waals surface area contributed by atoms with E-state index in [9.17, 15) is 9.90 Å². The molecule has 1 rings (SSSR count). The number of aliphatic hydroxyl groups is 1. The van der Waals surface area contributed by atoms with Crippen molar-refractivity contribution in [1.29, 1.82) is 0 Å². The summed E-state index contributed by atoms with van der Waals surface area (Å²) in [5.74, 6) is 0.799. The van der Waals surface area contributed by atoms with E-state index in [4.69, 9.17) is 0 Å². The van der Waals surface area contributed by atoms with Crippen molar-refractivity contribution in [2.75, 3.05) is 0 Å². The third-order valence-corrected chi connectivity index (χ3v) is 6.94. The van der Waals surface area contributed by atoms with E-state index in [1.54, 1.807) is 0 Å². The smallest absolute Gasteiger partial charge is 0.143 e. The quantitative estimate of drug-likeness (QED) is 0.214. The number of aliphatic hydroxyl groups excluding tert-OH is 1. The summed E-state index contributed by atoms with van der Waals surface area (Å²) in [4.78, 5) is 13.5. The number of Topliss-reactive ketones (excluding diaryl/α,β-unsaturated/α-hetero) is 1. The molecule has 0 aromatic carbocycles. The molecule has 1 aliphatic carbocycles. The van der Waals surface area contributed by atoms with Crippen molar-refractivity contribution in [3.05, 3.63) is 24.3 Å². The molecule has 2 nitrogen and oxygen atoms in total. The van der Waals surface area contributed by atoms with Crippen molar-refractivity contribution >= 4 is 5.78 Å². The minimum Gasteiger partial charge on any atom is -0.393 e. The van der Waals surface area contributed by atoms with Gasteiger partial charge in [0.2, 0.25) is 0 Å². The Morgan fingerprint density at radius 3 is 2.00 bits per heavy atom. The largest absolute Gasteiger partial charge is 0.393 e. The Balaban J connectivity index is 2.69. The van der Waals surface area contributed by atoms with Gasteiger partial charge in [0.1, 0.15) is 5.78 Å². The van der Waals surface area contributed by atoms with E-state index < -0.39 is 0 Å². The van der Waals surface area contributed by atoms with Gasteiger partial charge in [-0.3, -0.25) is 4.79 Å². The number of allylic oxidation sites excluding steroid dienone is 4. The molecule has 0 heterocycles. The van der Waals surface area contributed by atoms with Crippen molar-refractivity contribution < 1.29 is 9.90 Å². The van der Waals surface area contributed by atoms with Gasteiger partial charge in [0, 0.05) is 6.42 Å². The van der Waals surface area contributed by atoms with Gasteiger partial charge in [-0.1, -0.05) is 109 Å². The highest BCUT2D eigenvalue weighted by molar-refractivity contribution is 5.87. The first kappa shape index (κ1) is 27.1. The second-order valence-corrected chi connectivity index (χ2v) is 9.65. The molecule has 0 saturated carbocycles. The lowest BCUT2D eigenvalue weighted by molar-refractivity contribution is -0.129. The molecule has 0 aliphatic heterocycles. The molecule has 0 aromatic heterocycles. The molecule has 2 heteroatoms. The lowest BCUT2D eigenvalue weighted by Gasteiger charge is -2.39. The van der Waals surface area contributed by atoms with Gasteiger partial charge in [0.25, 0.3) is 0 Å². The Morgan fingerprint density at radius 2 is 1.43 bits per heavy atom. The monoisotopic (exact) mass is 418 g/mol. The zero-order valence-corrected chi connectivity index (χ0v) is 20.3. The first-order chi connectivity index (χ1) is 14.6. The van der Waals surface area contributed by atoms with Crippen molar-refractivity contribution in [2.45, 2.75) is 136 Å². The van der Waals surface area contributed by atoms with Crippen molar-refractivity contribution in [3.63, 3.8) is 0 Å². The Morgan fingerprint density at radius 1 is 0.833 bits per heavy atom. The summed E-state index contributed by atoms with van der Waals surface area (Å²) >= 11 is 0. The van der Waals surface area contributed by atoms with E-state index in [2.05, 4.69) is 38.2 Å². The maximum Gasteiger partial charge on any atom is 0.143 e. The summed E-state index contributed by atoms with van der Waals surface area (Å²) in [6.45, 7) is 6.38. The van der Waals surface area contributed by atoms with Crippen LogP contribution in [0.4, 0.5) is 0 Å². The van der Waals surface area contributed by atoms with Crippen LogP contribution in [0.5, 0.6) is 0 Å². The van der Waals surface area contributed by atoms with Crippen molar-refractivity contribution in [3.8, 4) is 0 Å². The van der Waals surface area contributed by atoms with Crippen LogP contribution in [0, 0.1) is 11.3 Å². The molecule has 174 valence electrons. The standard InChI is InChI=1S/C28H50O2/c1-4-6-8-10-11-13-16-20-27(30)28(23-17-14-18-24-28)26(22-21-25(3)29)19-15-12-9-7-5-2/h14,17-18,23,25-26,29H,4-13,15-16,19-22,24H2,1-3H3. The zero-order valence-electron chi connectivity index (χ0n) is 20.3. The minimum absolute atomic E-state index is 0.286. The van der Waals surface area contributed by atoms with Crippen LogP contribution in [0.25, 0.3) is 0 Å². The molecule has 1 aliphatic rings. The molecule has 3 unspecified atom stereocenters. The van der Waals surface area contributed by atoms with E-state index >= 15 is 0 Å². The molecular formula is C28H50O2. The molecule has 30 heavy (non-hydrogen) atoms. The number of carbonyl (C=O) groups is 1. The predicted molar refractivity (Wildman–Crippen MR) is 131 cm³/mol. The average molecular weight is 419 g/mol. The van der Waals surface area contributed by atoms with E-state index in [1.165, 1.54) is 70.6 Å². The van der Waals surface area contributed by atoms with Crippen LogP contribution in [0.15, 0.2) is 24.3 Å². The summed E-state index contributed by atoms with van der Waals surface area (Å²) in [5, 5.41) is 9.91. The minimum atomic E-state index is -0.337. The highest BCUT2D eigenvalue weighted by Gasteiger charge is 2.41. The van der Waals surface area contributed by atoms with Crippen LogP contribution in [-0.2, 0) is 4.79 Å². The summed E-state index contributed by atoms with van der Waals surface area (Å²) in [6, 6.07) is 0. The van der Waals surface area contributed by atoms with Gasteiger partial charge in [0.15, 0.2) is 0 Å². The predicted octanol–water partition coefficient (Wildman–Crippen LogP) is 8.34. The molecular weight excluding hydrogens is 368 g/mol. The number of carbonyl (C=O) groups excluding carboxylic acids is 1. The maximum atomic E-state index is 13.5. The first-order valence-electron chi connectivity index (χ1n) is 13.1. The molecule has 0 spiro atoms. The molecule has 0 bridgehead atoms. The van der Waals surface area contributed by atoms with Crippen molar-refractivity contribution in [2.24, 2.45) is 11.3 Å². The molecule has 0 aromatic rings. The summed E-state index contributed by atoms with van der Waals surface area (Å²) in [6.07, 6.45) is 27.8. The van der Waals surface area contributed by atoms with Crippen LogP contribution in [0.2, 0.25) is 0 Å². The normalized spacial score (nSPS) is 20.4. The highest BCUT2D eigenvalue weighted by atomic mass is 16.3. The summed E-state index contributed by atoms with van der Waals surface area (Å²) in [7, 11) is 0. The van der Waals surface area contributed by atoms with Crippen LogP contribution in [-0.4, -0.2) is 17.0 Å². The topological polar surface area (TPSA) is 37.3 Å². The lowest BCUT2D eigenvalue weighted by atomic mass is 9.64. The number of hydrogen-bond donors (Lipinski definition) is 1. The molecule has 1 N–H and O–H groups in total. The van der Waals surface area contributed by atoms with E-state index in [-0.39, 0.29) is 11.5 Å². The van der Waals surface area contributed by atoms with Gasteiger partial charge >= 0.3 is 0 Å². The van der Waals surface area contributed by atoms with Crippen LogP contribution < -0.4 is 0 Å². The maximum absolute atomic E-state index is 13.5. The molecule has 0 saturated heterocycles.